The maximum absolute atomic E-state index is 13.8. The highest BCUT2D eigenvalue weighted by atomic mass is 79.9. The van der Waals surface area contributed by atoms with Gasteiger partial charge in [-0.1, -0.05) is 15.9 Å². The van der Waals surface area contributed by atoms with Gasteiger partial charge in [-0.25, -0.2) is 4.39 Å². The third-order valence-electron chi connectivity index (χ3n) is 4.69. The highest BCUT2D eigenvalue weighted by molar-refractivity contribution is 9.10. The molecular weight excluding hydrogens is 341 g/mol. The molecule has 4 unspecified atom stereocenters. The minimum atomic E-state index is -0.918. The van der Waals surface area contributed by atoms with Crippen LogP contribution in [0.15, 0.2) is 22.7 Å². The van der Waals surface area contributed by atoms with E-state index >= 15 is 0 Å². The number of hydrogen-bond donors (Lipinski definition) is 2. The molecule has 2 bridgehead atoms. The second-order valence-electron chi connectivity index (χ2n) is 5.84. The van der Waals surface area contributed by atoms with Crippen LogP contribution in [0.2, 0.25) is 0 Å². The molecule has 1 aromatic rings. The maximum atomic E-state index is 13.8. The van der Waals surface area contributed by atoms with Gasteiger partial charge in [0.05, 0.1) is 17.5 Å². The summed E-state index contributed by atoms with van der Waals surface area (Å²) in [5.74, 6) is -2.83. The first-order valence-electron chi connectivity index (χ1n) is 6.96. The number of anilines is 1. The van der Waals surface area contributed by atoms with Crippen LogP contribution in [0.3, 0.4) is 0 Å². The quantitative estimate of drug-likeness (QED) is 0.874. The Bertz CT molecular complexity index is 607. The topological polar surface area (TPSA) is 66.4 Å². The molecule has 2 aliphatic rings. The van der Waals surface area contributed by atoms with Gasteiger partial charge in [-0.15, -0.1) is 0 Å². The lowest BCUT2D eigenvalue weighted by atomic mass is 9.78. The summed E-state index contributed by atoms with van der Waals surface area (Å²) in [7, 11) is 0. The van der Waals surface area contributed by atoms with Gasteiger partial charge in [0, 0.05) is 4.47 Å². The Kier molecular flexibility index (Phi) is 3.73. The molecule has 4 nitrogen and oxygen atoms in total. The number of rotatable bonds is 3. The van der Waals surface area contributed by atoms with E-state index in [1.54, 1.807) is 6.07 Å². The van der Waals surface area contributed by atoms with Gasteiger partial charge in [-0.2, -0.15) is 0 Å². The van der Waals surface area contributed by atoms with Crippen LogP contribution in [-0.4, -0.2) is 17.0 Å². The molecule has 21 heavy (non-hydrogen) atoms. The van der Waals surface area contributed by atoms with E-state index < -0.39 is 23.6 Å². The van der Waals surface area contributed by atoms with E-state index in [4.69, 9.17) is 0 Å². The van der Waals surface area contributed by atoms with Crippen molar-refractivity contribution >= 4 is 33.5 Å². The summed E-state index contributed by atoms with van der Waals surface area (Å²) in [6.45, 7) is 0. The number of halogens is 2. The number of aliphatic carboxylic acids is 1. The molecule has 1 amide bonds. The Labute approximate surface area is 129 Å². The first-order valence-corrected chi connectivity index (χ1v) is 7.75. The van der Waals surface area contributed by atoms with Crippen molar-refractivity contribution in [2.45, 2.75) is 19.3 Å². The van der Waals surface area contributed by atoms with E-state index in [9.17, 15) is 19.1 Å². The van der Waals surface area contributed by atoms with Crippen LogP contribution in [0.25, 0.3) is 0 Å². The van der Waals surface area contributed by atoms with Gasteiger partial charge in [0.25, 0.3) is 0 Å². The van der Waals surface area contributed by atoms with Crippen molar-refractivity contribution in [3.8, 4) is 0 Å². The fourth-order valence-electron chi connectivity index (χ4n) is 3.83. The van der Waals surface area contributed by atoms with Crippen LogP contribution in [-0.2, 0) is 9.59 Å². The third-order valence-corrected chi connectivity index (χ3v) is 5.19. The number of carbonyl (C=O) groups is 2. The lowest BCUT2D eigenvalue weighted by Crippen LogP contribution is -2.38. The van der Waals surface area contributed by atoms with Crippen molar-refractivity contribution in [3.63, 3.8) is 0 Å². The van der Waals surface area contributed by atoms with Gasteiger partial charge in [-0.3, -0.25) is 9.59 Å². The highest BCUT2D eigenvalue weighted by Gasteiger charge is 2.54. The molecule has 0 aliphatic heterocycles. The van der Waals surface area contributed by atoms with Gasteiger partial charge in [0.1, 0.15) is 5.82 Å². The molecule has 1 aromatic carbocycles. The highest BCUT2D eigenvalue weighted by Crippen LogP contribution is 2.52. The molecule has 4 atom stereocenters. The SMILES string of the molecule is O=C(O)C1C2CCC(C2)C1C(=O)Nc1ccc(Br)cc1F. The largest absolute Gasteiger partial charge is 0.481 e. The second-order valence-corrected chi connectivity index (χ2v) is 6.75. The van der Waals surface area contributed by atoms with Crippen LogP contribution < -0.4 is 5.32 Å². The molecule has 0 aromatic heterocycles. The number of fused-ring (bicyclic) bond motifs is 2. The van der Waals surface area contributed by atoms with Crippen molar-refractivity contribution in [2.75, 3.05) is 5.32 Å². The fraction of sp³-hybridized carbons (Fsp3) is 0.467. The van der Waals surface area contributed by atoms with Gasteiger partial charge in [0.2, 0.25) is 5.91 Å². The van der Waals surface area contributed by atoms with Gasteiger partial charge >= 0.3 is 5.97 Å². The summed E-state index contributed by atoms with van der Waals surface area (Å²) in [6.07, 6.45) is 2.55. The molecule has 2 saturated carbocycles. The molecule has 2 fully saturated rings. The number of amides is 1. The monoisotopic (exact) mass is 355 g/mol. The molecule has 2 aliphatic carbocycles. The van der Waals surface area contributed by atoms with Crippen molar-refractivity contribution in [1.29, 1.82) is 0 Å². The minimum Gasteiger partial charge on any atom is -0.481 e. The van der Waals surface area contributed by atoms with Crippen molar-refractivity contribution < 1.29 is 19.1 Å². The van der Waals surface area contributed by atoms with Crippen LogP contribution >= 0.6 is 15.9 Å². The Hall–Kier alpha value is -1.43. The molecule has 112 valence electrons. The van der Waals surface area contributed by atoms with E-state index in [1.807, 2.05) is 0 Å². The Morgan fingerprint density at radius 2 is 1.90 bits per heavy atom. The lowest BCUT2D eigenvalue weighted by molar-refractivity contribution is -0.148. The number of carboxylic acid groups (broad SMARTS) is 1. The summed E-state index contributed by atoms with van der Waals surface area (Å²) in [5.41, 5.74) is 0.0927. The molecule has 2 N–H and O–H groups in total. The van der Waals surface area contributed by atoms with E-state index in [2.05, 4.69) is 21.2 Å². The molecule has 3 rings (SSSR count). The van der Waals surface area contributed by atoms with Crippen LogP contribution in [0, 0.1) is 29.5 Å². The van der Waals surface area contributed by atoms with Crippen LogP contribution in [0.4, 0.5) is 10.1 Å². The van der Waals surface area contributed by atoms with E-state index in [-0.39, 0.29) is 23.4 Å². The minimum absolute atomic E-state index is 0.0815. The smallest absolute Gasteiger partial charge is 0.307 e. The fourth-order valence-corrected chi connectivity index (χ4v) is 4.16. The molecular formula is C15H15BrFNO3. The van der Waals surface area contributed by atoms with Gasteiger partial charge < -0.3 is 10.4 Å². The van der Waals surface area contributed by atoms with Gasteiger partial charge in [0.15, 0.2) is 0 Å². The average Bonchev–Trinajstić information content (AvgIpc) is 3.02. The first kappa shape index (κ1) is 14.5. The summed E-state index contributed by atoms with van der Waals surface area (Å²) in [6, 6.07) is 4.37. The second kappa shape index (κ2) is 5.40. The van der Waals surface area contributed by atoms with Gasteiger partial charge in [-0.05, 0) is 49.3 Å². The normalized spacial score (nSPS) is 30.4. The predicted molar refractivity (Wildman–Crippen MR) is 78.2 cm³/mol. The number of carboxylic acids is 1. The predicted octanol–water partition coefficient (Wildman–Crippen LogP) is 3.27. The molecule has 0 radical (unpaired) electrons. The molecule has 6 heteroatoms. The number of nitrogens with one attached hydrogen (secondary N) is 1. The Morgan fingerprint density at radius 3 is 2.52 bits per heavy atom. The summed E-state index contributed by atoms with van der Waals surface area (Å²) >= 11 is 3.15. The van der Waals surface area contributed by atoms with Crippen molar-refractivity contribution in [2.24, 2.45) is 23.7 Å². The standard InChI is InChI=1S/C15H15BrFNO3/c16-9-3-4-11(10(17)6-9)18-14(19)12-7-1-2-8(5-7)13(12)15(20)21/h3-4,6-8,12-13H,1-2,5H2,(H,18,19)(H,20,21). The van der Waals surface area contributed by atoms with E-state index in [0.717, 1.165) is 19.3 Å². The Morgan fingerprint density at radius 1 is 1.24 bits per heavy atom. The Balaban J connectivity index is 1.80. The molecule has 0 saturated heterocycles. The molecule has 0 heterocycles. The van der Waals surface area contributed by atoms with Crippen LogP contribution in [0.5, 0.6) is 0 Å². The van der Waals surface area contributed by atoms with Crippen LogP contribution in [0.1, 0.15) is 19.3 Å². The number of carbonyl (C=O) groups excluding carboxylic acids is 1. The summed E-state index contributed by atoms with van der Waals surface area (Å²) in [4.78, 5) is 23.8. The van der Waals surface area contributed by atoms with E-state index in [0.29, 0.717) is 4.47 Å². The molecule has 0 spiro atoms. The van der Waals surface area contributed by atoms with Crippen molar-refractivity contribution in [3.05, 3.63) is 28.5 Å². The third kappa shape index (κ3) is 2.57. The zero-order chi connectivity index (χ0) is 15.1. The van der Waals surface area contributed by atoms with E-state index in [1.165, 1.54) is 12.1 Å². The summed E-state index contributed by atoms with van der Waals surface area (Å²) < 4.78 is 14.4. The number of benzene rings is 1. The zero-order valence-electron chi connectivity index (χ0n) is 11.2. The maximum Gasteiger partial charge on any atom is 0.307 e. The number of hydrogen-bond acceptors (Lipinski definition) is 2. The summed E-state index contributed by atoms with van der Waals surface area (Å²) in [5, 5.41) is 11.9. The first-order chi connectivity index (χ1) is 9.97. The average molecular weight is 356 g/mol. The zero-order valence-corrected chi connectivity index (χ0v) is 12.8. The lowest BCUT2D eigenvalue weighted by Gasteiger charge is -2.27. The van der Waals surface area contributed by atoms with Crippen molar-refractivity contribution in [1.82, 2.24) is 0 Å².